The number of aliphatic carboxylic acids is 1. The first kappa shape index (κ1) is 12.3. The first-order valence-electron chi connectivity index (χ1n) is 5.86. The molecule has 2 heterocycles. The van der Waals surface area contributed by atoms with Crippen molar-refractivity contribution in [1.82, 2.24) is 9.36 Å². The van der Waals surface area contributed by atoms with Gasteiger partial charge in [-0.05, 0) is 12.3 Å². The Morgan fingerprint density at radius 2 is 2.41 bits per heavy atom. The molecule has 1 aromatic heterocycles. The van der Waals surface area contributed by atoms with Crippen LogP contribution in [0.2, 0.25) is 0 Å². The first-order valence-corrected chi connectivity index (χ1v) is 6.64. The molecule has 1 fully saturated rings. The summed E-state index contributed by atoms with van der Waals surface area (Å²) in [4.78, 5) is 17.4. The van der Waals surface area contributed by atoms with Crippen molar-refractivity contribution in [3.63, 3.8) is 0 Å². The summed E-state index contributed by atoms with van der Waals surface area (Å²) in [5.41, 5.74) is 0. The van der Waals surface area contributed by atoms with E-state index < -0.39 is 5.97 Å². The van der Waals surface area contributed by atoms with Crippen LogP contribution in [0.5, 0.6) is 0 Å². The molecule has 0 aliphatic carbocycles. The molecule has 6 heteroatoms. The van der Waals surface area contributed by atoms with Gasteiger partial charge < -0.3 is 10.0 Å². The summed E-state index contributed by atoms with van der Waals surface area (Å²) in [5.74, 6) is 0.452. The lowest BCUT2D eigenvalue weighted by molar-refractivity contribution is -0.140. The van der Waals surface area contributed by atoms with Crippen molar-refractivity contribution >= 4 is 22.6 Å². The quantitative estimate of drug-likeness (QED) is 0.886. The molecule has 0 amide bonds. The monoisotopic (exact) mass is 255 g/mol. The molecule has 0 bridgehead atoms. The molecule has 1 unspecified atom stereocenters. The Labute approximate surface area is 105 Å². The van der Waals surface area contributed by atoms with Crippen LogP contribution in [0.3, 0.4) is 0 Å². The number of hydrogen-bond acceptors (Lipinski definition) is 5. The highest BCUT2D eigenvalue weighted by Gasteiger charge is 2.29. The van der Waals surface area contributed by atoms with Gasteiger partial charge >= 0.3 is 5.97 Å². The van der Waals surface area contributed by atoms with E-state index in [4.69, 9.17) is 5.11 Å². The Kier molecular flexibility index (Phi) is 3.61. The molecule has 1 aliphatic heterocycles. The van der Waals surface area contributed by atoms with E-state index in [0.29, 0.717) is 18.9 Å². The maximum atomic E-state index is 10.9. The van der Waals surface area contributed by atoms with Crippen molar-refractivity contribution in [2.75, 3.05) is 18.0 Å². The number of carboxylic acid groups (broad SMARTS) is 1. The van der Waals surface area contributed by atoms with Crippen LogP contribution in [0.25, 0.3) is 0 Å². The van der Waals surface area contributed by atoms with Crippen LogP contribution in [0.1, 0.15) is 26.1 Å². The van der Waals surface area contributed by atoms with Crippen molar-refractivity contribution in [2.45, 2.75) is 26.7 Å². The fourth-order valence-corrected chi connectivity index (χ4v) is 2.69. The van der Waals surface area contributed by atoms with E-state index in [9.17, 15) is 4.79 Å². The van der Waals surface area contributed by atoms with Gasteiger partial charge in [0, 0.05) is 31.0 Å². The predicted molar refractivity (Wildman–Crippen MR) is 66.4 cm³/mol. The first-order chi connectivity index (χ1) is 8.06. The maximum absolute atomic E-state index is 10.9. The van der Waals surface area contributed by atoms with Crippen LogP contribution in [0, 0.1) is 11.8 Å². The van der Waals surface area contributed by atoms with Crippen LogP contribution in [0.15, 0.2) is 0 Å². The lowest BCUT2D eigenvalue weighted by Crippen LogP contribution is -2.22. The summed E-state index contributed by atoms with van der Waals surface area (Å²) >= 11 is 1.37. The average molecular weight is 255 g/mol. The zero-order valence-electron chi connectivity index (χ0n) is 10.1. The van der Waals surface area contributed by atoms with Gasteiger partial charge in [-0.15, -0.1) is 0 Å². The fourth-order valence-electron chi connectivity index (χ4n) is 1.96. The molecule has 94 valence electrons. The number of rotatable bonds is 4. The summed E-state index contributed by atoms with van der Waals surface area (Å²) in [6.45, 7) is 5.60. The summed E-state index contributed by atoms with van der Waals surface area (Å²) in [6.07, 6.45) is 1.58. The third kappa shape index (κ3) is 2.94. The van der Waals surface area contributed by atoms with E-state index >= 15 is 0 Å². The summed E-state index contributed by atoms with van der Waals surface area (Å²) in [6, 6.07) is 0. The SMILES string of the molecule is CC(C)Cc1nsc(N2CCC(C(=O)O)C2)n1. The molecule has 1 aromatic rings. The molecule has 0 spiro atoms. The number of nitrogens with zero attached hydrogens (tertiary/aromatic N) is 3. The Hall–Kier alpha value is -1.17. The standard InChI is InChI=1S/C11H17N3O2S/c1-7(2)5-9-12-11(17-13-9)14-4-3-8(6-14)10(15)16/h7-8H,3-6H2,1-2H3,(H,15,16). The molecule has 1 saturated heterocycles. The number of anilines is 1. The summed E-state index contributed by atoms with van der Waals surface area (Å²) in [5, 5.41) is 9.81. The minimum atomic E-state index is -0.709. The van der Waals surface area contributed by atoms with Gasteiger partial charge in [0.25, 0.3) is 0 Å². The van der Waals surface area contributed by atoms with Crippen molar-refractivity contribution in [3.8, 4) is 0 Å². The third-order valence-corrected chi connectivity index (χ3v) is 3.67. The zero-order chi connectivity index (χ0) is 12.4. The minimum absolute atomic E-state index is 0.257. The molecule has 1 atom stereocenters. The zero-order valence-corrected chi connectivity index (χ0v) is 10.9. The molecule has 1 N–H and O–H groups in total. The Balaban J connectivity index is 1.99. The lowest BCUT2D eigenvalue weighted by Gasteiger charge is -2.12. The molecule has 17 heavy (non-hydrogen) atoms. The van der Waals surface area contributed by atoms with Gasteiger partial charge in [-0.3, -0.25) is 4.79 Å². The van der Waals surface area contributed by atoms with E-state index in [1.54, 1.807) is 0 Å². The molecule has 0 saturated carbocycles. The molecule has 0 radical (unpaired) electrons. The van der Waals surface area contributed by atoms with Crippen LogP contribution in [-0.4, -0.2) is 33.5 Å². The fraction of sp³-hybridized carbons (Fsp3) is 0.727. The van der Waals surface area contributed by atoms with Gasteiger partial charge in [0.2, 0.25) is 5.13 Å². The van der Waals surface area contributed by atoms with Crippen molar-refractivity contribution in [3.05, 3.63) is 5.82 Å². The van der Waals surface area contributed by atoms with Crippen LogP contribution >= 0.6 is 11.5 Å². The van der Waals surface area contributed by atoms with Gasteiger partial charge in [-0.1, -0.05) is 13.8 Å². The minimum Gasteiger partial charge on any atom is -0.481 e. The molecular formula is C11H17N3O2S. The van der Waals surface area contributed by atoms with Gasteiger partial charge in [0.15, 0.2) is 0 Å². The Morgan fingerprint density at radius 1 is 1.65 bits per heavy atom. The van der Waals surface area contributed by atoms with E-state index in [1.165, 1.54) is 11.5 Å². The Bertz CT molecular complexity index is 405. The van der Waals surface area contributed by atoms with Crippen LogP contribution < -0.4 is 4.90 Å². The highest BCUT2D eigenvalue weighted by Crippen LogP contribution is 2.25. The van der Waals surface area contributed by atoms with Crippen LogP contribution in [-0.2, 0) is 11.2 Å². The molecule has 5 nitrogen and oxygen atoms in total. The number of carboxylic acids is 1. The van der Waals surface area contributed by atoms with Gasteiger partial charge in [-0.2, -0.15) is 4.37 Å². The van der Waals surface area contributed by atoms with Gasteiger partial charge in [-0.25, -0.2) is 4.98 Å². The second-order valence-electron chi connectivity index (χ2n) is 4.86. The van der Waals surface area contributed by atoms with E-state index in [1.807, 2.05) is 4.90 Å². The summed E-state index contributed by atoms with van der Waals surface area (Å²) < 4.78 is 4.31. The highest BCUT2D eigenvalue weighted by molar-refractivity contribution is 7.09. The lowest BCUT2D eigenvalue weighted by atomic mass is 10.1. The van der Waals surface area contributed by atoms with E-state index in [2.05, 4.69) is 23.2 Å². The summed E-state index contributed by atoms with van der Waals surface area (Å²) in [7, 11) is 0. The predicted octanol–water partition coefficient (Wildman–Crippen LogP) is 1.65. The second-order valence-corrected chi connectivity index (χ2v) is 5.59. The van der Waals surface area contributed by atoms with Crippen molar-refractivity contribution < 1.29 is 9.90 Å². The van der Waals surface area contributed by atoms with Gasteiger partial charge in [0.1, 0.15) is 5.82 Å². The Morgan fingerprint density at radius 3 is 3.00 bits per heavy atom. The van der Waals surface area contributed by atoms with Crippen molar-refractivity contribution in [1.29, 1.82) is 0 Å². The largest absolute Gasteiger partial charge is 0.481 e. The smallest absolute Gasteiger partial charge is 0.308 e. The molecular weight excluding hydrogens is 238 g/mol. The van der Waals surface area contributed by atoms with E-state index in [-0.39, 0.29) is 5.92 Å². The highest BCUT2D eigenvalue weighted by atomic mass is 32.1. The second kappa shape index (κ2) is 5.00. The molecule has 1 aliphatic rings. The third-order valence-electron chi connectivity index (χ3n) is 2.86. The average Bonchev–Trinajstić information content (AvgIpc) is 2.83. The normalized spacial score (nSPS) is 20.2. The number of hydrogen-bond donors (Lipinski definition) is 1. The molecule has 2 rings (SSSR count). The maximum Gasteiger partial charge on any atom is 0.308 e. The number of aromatic nitrogens is 2. The van der Waals surface area contributed by atoms with E-state index in [0.717, 1.165) is 23.9 Å². The number of carbonyl (C=O) groups is 1. The van der Waals surface area contributed by atoms with Crippen LogP contribution in [0.4, 0.5) is 5.13 Å². The molecule has 0 aromatic carbocycles. The van der Waals surface area contributed by atoms with Gasteiger partial charge in [0.05, 0.1) is 5.92 Å². The topological polar surface area (TPSA) is 66.3 Å². The van der Waals surface area contributed by atoms with Crippen molar-refractivity contribution in [2.24, 2.45) is 11.8 Å².